The van der Waals surface area contributed by atoms with Crippen LogP contribution in [0.4, 0.5) is 0 Å². The fourth-order valence-electron chi connectivity index (χ4n) is 5.47. The molecule has 4 unspecified atom stereocenters. The Labute approximate surface area is 181 Å². The molecule has 2 fully saturated rings. The molecular formula is C26H38O4. The van der Waals surface area contributed by atoms with E-state index in [0.717, 1.165) is 43.6 Å². The summed E-state index contributed by atoms with van der Waals surface area (Å²) in [7, 11) is 0. The minimum Gasteiger partial charge on any atom is -0.465 e. The number of rotatable bonds is 11. The first kappa shape index (κ1) is 22.8. The predicted octanol–water partition coefficient (Wildman–Crippen LogP) is 5.93. The molecule has 0 amide bonds. The van der Waals surface area contributed by atoms with E-state index in [0.29, 0.717) is 6.61 Å². The molecule has 30 heavy (non-hydrogen) atoms. The maximum Gasteiger partial charge on any atom is 0.310 e. The van der Waals surface area contributed by atoms with Gasteiger partial charge in [0.15, 0.2) is 0 Å². The Hall–Kier alpha value is -1.84. The summed E-state index contributed by atoms with van der Waals surface area (Å²) in [5.41, 5.74) is 0.828. The van der Waals surface area contributed by atoms with Crippen molar-refractivity contribution in [1.29, 1.82) is 0 Å². The molecule has 4 atom stereocenters. The highest BCUT2D eigenvalue weighted by Crippen LogP contribution is 2.61. The van der Waals surface area contributed by atoms with Crippen LogP contribution in [0.5, 0.6) is 0 Å². The molecule has 1 aromatic carbocycles. The fourth-order valence-corrected chi connectivity index (χ4v) is 5.47. The van der Waals surface area contributed by atoms with Crippen LogP contribution in [0.15, 0.2) is 30.3 Å². The Morgan fingerprint density at radius 1 is 1.03 bits per heavy atom. The van der Waals surface area contributed by atoms with Crippen LogP contribution in [0.2, 0.25) is 0 Å². The van der Waals surface area contributed by atoms with Crippen molar-refractivity contribution >= 4 is 11.9 Å². The smallest absolute Gasteiger partial charge is 0.310 e. The van der Waals surface area contributed by atoms with Crippen molar-refractivity contribution in [3.05, 3.63) is 35.9 Å². The highest BCUT2D eigenvalue weighted by Gasteiger charge is 2.61. The van der Waals surface area contributed by atoms with E-state index in [1.165, 1.54) is 19.3 Å². The Bertz CT molecular complexity index is 698. The lowest BCUT2D eigenvalue weighted by Crippen LogP contribution is -2.40. The van der Waals surface area contributed by atoms with Gasteiger partial charge in [-0.15, -0.1) is 0 Å². The topological polar surface area (TPSA) is 52.6 Å². The molecule has 0 N–H and O–H groups in total. The lowest BCUT2D eigenvalue weighted by Gasteiger charge is -2.34. The number of fused-ring (bicyclic) bond motifs is 2. The molecule has 2 aliphatic rings. The quantitative estimate of drug-likeness (QED) is 0.332. The van der Waals surface area contributed by atoms with Gasteiger partial charge in [-0.3, -0.25) is 9.59 Å². The van der Waals surface area contributed by atoms with Gasteiger partial charge in [0.25, 0.3) is 0 Å². The number of benzene rings is 1. The molecule has 0 radical (unpaired) electrons. The van der Waals surface area contributed by atoms with Gasteiger partial charge in [0.05, 0.1) is 18.4 Å². The Balaban J connectivity index is 1.49. The molecule has 4 heteroatoms. The summed E-state index contributed by atoms with van der Waals surface area (Å²) in [5.74, 6) is -0.138. The summed E-state index contributed by atoms with van der Waals surface area (Å²) in [5, 5.41) is 0. The van der Waals surface area contributed by atoms with Crippen molar-refractivity contribution in [3.8, 4) is 0 Å². The summed E-state index contributed by atoms with van der Waals surface area (Å²) in [4.78, 5) is 25.9. The molecular weight excluding hydrogens is 376 g/mol. The summed E-state index contributed by atoms with van der Waals surface area (Å²) in [6, 6.07) is 9.71. The van der Waals surface area contributed by atoms with Gasteiger partial charge in [-0.1, -0.05) is 76.8 Å². The number of ether oxygens (including phenoxy) is 2. The molecule has 4 nitrogen and oxygen atoms in total. The van der Waals surface area contributed by atoms with Gasteiger partial charge in [0.1, 0.15) is 6.61 Å². The number of esters is 2. The third-order valence-corrected chi connectivity index (χ3v) is 7.10. The zero-order valence-electron chi connectivity index (χ0n) is 18.9. The minimum absolute atomic E-state index is 0.140. The summed E-state index contributed by atoms with van der Waals surface area (Å²) in [6.07, 6.45) is 8.60. The first-order valence-electron chi connectivity index (χ1n) is 11.8. The number of carbonyl (C=O) groups excluding carboxylic acids is 2. The van der Waals surface area contributed by atoms with Crippen molar-refractivity contribution in [3.63, 3.8) is 0 Å². The molecule has 2 bridgehead atoms. The lowest BCUT2D eigenvalue weighted by atomic mass is 9.71. The minimum atomic E-state index is -0.376. The van der Waals surface area contributed by atoms with Crippen LogP contribution < -0.4 is 0 Å². The average Bonchev–Trinajstić information content (AvgIpc) is 3.25. The van der Waals surface area contributed by atoms with Gasteiger partial charge in [-0.2, -0.15) is 0 Å². The van der Waals surface area contributed by atoms with Gasteiger partial charge in [0.2, 0.25) is 0 Å². The van der Waals surface area contributed by atoms with E-state index in [1.807, 2.05) is 30.3 Å². The third kappa shape index (κ3) is 5.65. The van der Waals surface area contributed by atoms with Crippen LogP contribution in [0.3, 0.4) is 0 Å². The predicted molar refractivity (Wildman–Crippen MR) is 118 cm³/mol. The molecule has 2 aliphatic carbocycles. The first-order chi connectivity index (χ1) is 14.4. The summed E-state index contributed by atoms with van der Waals surface area (Å²) >= 11 is 0. The normalized spacial score (nSPS) is 27.4. The molecule has 0 aromatic heterocycles. The molecule has 0 spiro atoms. The van der Waals surface area contributed by atoms with E-state index in [-0.39, 0.29) is 41.7 Å². The Morgan fingerprint density at radius 3 is 2.50 bits per heavy atom. The maximum absolute atomic E-state index is 13.0. The zero-order valence-corrected chi connectivity index (χ0v) is 18.9. The molecule has 1 aromatic rings. The van der Waals surface area contributed by atoms with E-state index in [1.54, 1.807) is 0 Å². The van der Waals surface area contributed by atoms with Gasteiger partial charge < -0.3 is 9.47 Å². The van der Waals surface area contributed by atoms with Gasteiger partial charge in [-0.05, 0) is 48.5 Å². The van der Waals surface area contributed by atoms with Crippen LogP contribution in [-0.4, -0.2) is 18.5 Å². The van der Waals surface area contributed by atoms with E-state index >= 15 is 0 Å². The molecule has 0 heterocycles. The van der Waals surface area contributed by atoms with Crippen molar-refractivity contribution < 1.29 is 19.1 Å². The van der Waals surface area contributed by atoms with E-state index in [4.69, 9.17) is 9.47 Å². The monoisotopic (exact) mass is 414 g/mol. The van der Waals surface area contributed by atoms with E-state index in [9.17, 15) is 9.59 Å². The molecule has 0 aliphatic heterocycles. The molecule has 3 rings (SSSR count). The zero-order chi connectivity index (χ0) is 21.6. The molecule has 2 saturated carbocycles. The second-order valence-electron chi connectivity index (χ2n) is 10.0. The largest absolute Gasteiger partial charge is 0.465 e. The van der Waals surface area contributed by atoms with Crippen LogP contribution in [0, 0.1) is 29.1 Å². The third-order valence-electron chi connectivity index (χ3n) is 7.10. The Morgan fingerprint density at radius 2 is 1.77 bits per heavy atom. The highest BCUT2D eigenvalue weighted by molar-refractivity contribution is 5.84. The number of carbonyl (C=O) groups is 2. The van der Waals surface area contributed by atoms with Crippen molar-refractivity contribution in [2.45, 2.75) is 78.7 Å². The van der Waals surface area contributed by atoms with Gasteiger partial charge in [0, 0.05) is 0 Å². The van der Waals surface area contributed by atoms with E-state index < -0.39 is 0 Å². The SMILES string of the molecule is CC(C)CCCCCCOC(=O)C1C2CCC(C)(C2)C1C(=O)OCc1ccccc1. The van der Waals surface area contributed by atoms with Gasteiger partial charge >= 0.3 is 11.9 Å². The highest BCUT2D eigenvalue weighted by atomic mass is 16.5. The number of unbranched alkanes of at least 4 members (excludes halogenated alkanes) is 3. The summed E-state index contributed by atoms with van der Waals surface area (Å²) < 4.78 is 11.3. The Kier molecular flexibility index (Phi) is 7.96. The van der Waals surface area contributed by atoms with Gasteiger partial charge in [-0.25, -0.2) is 0 Å². The molecule has 166 valence electrons. The van der Waals surface area contributed by atoms with Crippen LogP contribution in [0.1, 0.15) is 77.7 Å². The second-order valence-corrected chi connectivity index (χ2v) is 10.0. The van der Waals surface area contributed by atoms with Crippen LogP contribution in [-0.2, 0) is 25.7 Å². The maximum atomic E-state index is 13.0. The van der Waals surface area contributed by atoms with Crippen molar-refractivity contribution in [2.24, 2.45) is 29.1 Å². The van der Waals surface area contributed by atoms with Crippen LogP contribution in [0.25, 0.3) is 0 Å². The standard InChI is InChI=1S/C26H38O4/c1-19(2)11-7-4-5-10-16-29-24(27)22-21-14-15-26(3,17-21)23(22)25(28)30-18-20-12-8-6-9-13-20/h6,8-9,12-13,19,21-23H,4-5,7,10-11,14-18H2,1-3H3. The lowest BCUT2D eigenvalue weighted by molar-refractivity contribution is -0.166. The van der Waals surface area contributed by atoms with Crippen LogP contribution >= 0.6 is 0 Å². The van der Waals surface area contributed by atoms with Crippen molar-refractivity contribution in [1.82, 2.24) is 0 Å². The summed E-state index contributed by atoms with van der Waals surface area (Å²) in [6.45, 7) is 7.36. The van der Waals surface area contributed by atoms with E-state index in [2.05, 4.69) is 20.8 Å². The number of hydrogen-bond acceptors (Lipinski definition) is 4. The molecule has 0 saturated heterocycles. The average molecular weight is 415 g/mol. The first-order valence-corrected chi connectivity index (χ1v) is 11.8. The number of hydrogen-bond donors (Lipinski definition) is 0. The fraction of sp³-hybridized carbons (Fsp3) is 0.692. The second kappa shape index (κ2) is 10.5. The van der Waals surface area contributed by atoms with Crippen molar-refractivity contribution in [2.75, 3.05) is 6.61 Å².